The lowest BCUT2D eigenvalue weighted by molar-refractivity contribution is -0.139. The number of benzene rings is 2. The van der Waals surface area contributed by atoms with Crippen molar-refractivity contribution in [3.8, 4) is 16.9 Å². The van der Waals surface area contributed by atoms with Gasteiger partial charge in [0, 0.05) is 44.1 Å². The molecular formula is C31H33F2NO5. The quantitative estimate of drug-likeness (QED) is 0.481. The summed E-state index contributed by atoms with van der Waals surface area (Å²) in [6.07, 6.45) is 3.35. The minimum Gasteiger partial charge on any atom is -0.490 e. The van der Waals surface area contributed by atoms with Crippen LogP contribution >= 0.6 is 0 Å². The lowest BCUT2D eigenvalue weighted by atomic mass is 9.92. The Morgan fingerprint density at radius 2 is 1.90 bits per heavy atom. The van der Waals surface area contributed by atoms with Crippen molar-refractivity contribution in [3.63, 3.8) is 0 Å². The van der Waals surface area contributed by atoms with E-state index >= 15 is 0 Å². The molecule has 1 N–H and O–H groups in total. The summed E-state index contributed by atoms with van der Waals surface area (Å²) in [6.45, 7) is 5.32. The first kappa shape index (κ1) is 26.0. The van der Waals surface area contributed by atoms with Crippen LogP contribution in [-0.4, -0.2) is 49.0 Å². The van der Waals surface area contributed by atoms with Crippen LogP contribution in [0.4, 0.5) is 8.78 Å². The second-order valence-corrected chi connectivity index (χ2v) is 11.4. The van der Waals surface area contributed by atoms with Crippen LogP contribution in [0.5, 0.6) is 5.75 Å². The number of aliphatic carboxylic acids is 1. The molecule has 2 aromatic carbocycles. The van der Waals surface area contributed by atoms with E-state index < -0.39 is 11.6 Å². The summed E-state index contributed by atoms with van der Waals surface area (Å²) in [7, 11) is 0. The van der Waals surface area contributed by atoms with Crippen molar-refractivity contribution in [1.29, 1.82) is 0 Å². The predicted molar refractivity (Wildman–Crippen MR) is 142 cm³/mol. The highest BCUT2D eigenvalue weighted by molar-refractivity contribution is 5.90. The molecule has 6 nitrogen and oxygen atoms in total. The summed E-state index contributed by atoms with van der Waals surface area (Å²) < 4.78 is 46.7. The summed E-state index contributed by atoms with van der Waals surface area (Å²) in [5.74, 6) is 0.387. The van der Waals surface area contributed by atoms with E-state index in [9.17, 15) is 18.7 Å². The monoisotopic (exact) mass is 537 g/mol. The Morgan fingerprint density at radius 3 is 2.62 bits per heavy atom. The number of halogens is 2. The smallest absolute Gasteiger partial charge is 0.307 e. The molecule has 39 heavy (non-hydrogen) atoms. The van der Waals surface area contributed by atoms with Gasteiger partial charge in [-0.1, -0.05) is 11.6 Å². The number of rotatable bonds is 7. The van der Waals surface area contributed by atoms with Gasteiger partial charge in [-0.2, -0.15) is 0 Å². The number of carbonyl (C=O) groups is 1. The van der Waals surface area contributed by atoms with E-state index in [1.54, 1.807) is 12.1 Å². The van der Waals surface area contributed by atoms with Gasteiger partial charge in [0.2, 0.25) is 5.90 Å². The molecule has 4 atom stereocenters. The van der Waals surface area contributed by atoms with E-state index in [1.165, 1.54) is 11.6 Å². The van der Waals surface area contributed by atoms with Gasteiger partial charge in [-0.15, -0.1) is 0 Å². The van der Waals surface area contributed by atoms with E-state index in [4.69, 9.17) is 14.2 Å². The molecule has 2 aliphatic carbocycles. The van der Waals surface area contributed by atoms with Gasteiger partial charge >= 0.3 is 5.97 Å². The number of nitrogens with zero attached hydrogens (tertiary/aromatic N) is 1. The summed E-state index contributed by atoms with van der Waals surface area (Å²) in [4.78, 5) is 15.9. The van der Waals surface area contributed by atoms with Gasteiger partial charge in [0.05, 0.1) is 5.92 Å². The Balaban J connectivity index is 1.12. The third-order valence-electron chi connectivity index (χ3n) is 8.78. The minimum atomic E-state index is -1.37. The number of ether oxygens (including phenoxy) is 3. The first-order valence-electron chi connectivity index (χ1n) is 13.6. The van der Waals surface area contributed by atoms with Crippen LogP contribution in [0.25, 0.3) is 11.1 Å². The lowest BCUT2D eigenvalue weighted by Crippen LogP contribution is -2.37. The number of fused-ring (bicyclic) bond motifs is 3. The maximum Gasteiger partial charge on any atom is 0.307 e. The molecule has 2 heterocycles. The normalized spacial score (nSPS) is 26.7. The molecule has 3 fully saturated rings. The SMILES string of the molecule is Cc1cc(OCC2(F)CCOCC2)cc(C)c1-c1ccc(F)c(COC2=NCC3C(=C2)CC2C(C(=O)O)C32)c1. The zero-order valence-corrected chi connectivity index (χ0v) is 22.2. The molecule has 2 aromatic rings. The van der Waals surface area contributed by atoms with Gasteiger partial charge in [-0.25, -0.2) is 8.78 Å². The molecule has 2 saturated carbocycles. The minimum absolute atomic E-state index is 0.00509. The Kier molecular flexibility index (Phi) is 6.69. The maximum absolute atomic E-state index is 14.9. The van der Waals surface area contributed by atoms with Crippen molar-refractivity contribution >= 4 is 11.9 Å². The molecule has 6 rings (SSSR count). The molecule has 2 aliphatic heterocycles. The van der Waals surface area contributed by atoms with Crippen LogP contribution in [0.1, 0.15) is 36.0 Å². The van der Waals surface area contributed by atoms with Crippen LogP contribution in [0.2, 0.25) is 0 Å². The Bertz CT molecular complexity index is 1340. The van der Waals surface area contributed by atoms with Crippen molar-refractivity contribution in [2.24, 2.45) is 28.7 Å². The Hall–Kier alpha value is -3.26. The van der Waals surface area contributed by atoms with Crippen LogP contribution in [0.15, 0.2) is 47.0 Å². The first-order valence-corrected chi connectivity index (χ1v) is 13.6. The van der Waals surface area contributed by atoms with Crippen LogP contribution < -0.4 is 4.74 Å². The number of alkyl halides is 1. The van der Waals surface area contributed by atoms with Crippen molar-refractivity contribution in [1.82, 2.24) is 0 Å². The fourth-order valence-electron chi connectivity index (χ4n) is 6.66. The van der Waals surface area contributed by atoms with Crippen molar-refractivity contribution < 1.29 is 32.9 Å². The molecule has 4 unspecified atom stereocenters. The van der Waals surface area contributed by atoms with Crippen molar-refractivity contribution in [3.05, 3.63) is 64.5 Å². The second-order valence-electron chi connectivity index (χ2n) is 11.4. The number of carboxylic acids is 1. The zero-order chi connectivity index (χ0) is 27.3. The number of aryl methyl sites for hydroxylation is 2. The fourth-order valence-corrected chi connectivity index (χ4v) is 6.66. The van der Waals surface area contributed by atoms with E-state index in [1.807, 2.05) is 32.1 Å². The topological polar surface area (TPSA) is 77.3 Å². The van der Waals surface area contributed by atoms with Crippen LogP contribution in [-0.2, 0) is 20.9 Å². The first-order chi connectivity index (χ1) is 18.7. The highest BCUT2D eigenvalue weighted by Gasteiger charge is 2.63. The van der Waals surface area contributed by atoms with Gasteiger partial charge in [-0.05, 0) is 84.7 Å². The molecule has 0 spiro atoms. The Labute approximate surface area is 226 Å². The van der Waals surface area contributed by atoms with Gasteiger partial charge in [0.1, 0.15) is 30.4 Å². The summed E-state index contributed by atoms with van der Waals surface area (Å²) in [6, 6.07) is 8.78. The highest BCUT2D eigenvalue weighted by atomic mass is 19.1. The van der Waals surface area contributed by atoms with E-state index in [-0.39, 0.29) is 42.7 Å². The Morgan fingerprint density at radius 1 is 1.15 bits per heavy atom. The maximum atomic E-state index is 14.9. The van der Waals surface area contributed by atoms with Crippen molar-refractivity contribution in [2.45, 2.75) is 45.4 Å². The molecule has 0 radical (unpaired) electrons. The van der Waals surface area contributed by atoms with Gasteiger partial charge < -0.3 is 19.3 Å². The van der Waals surface area contributed by atoms with Gasteiger partial charge in [-0.3, -0.25) is 9.79 Å². The fraction of sp³-hybridized carbons (Fsp3) is 0.484. The standard InChI is InChI=1S/C31H33F2NO5/c1-17-9-22(39-16-31(33)5-7-37-8-6-31)10-18(2)27(17)19-3-4-25(32)21(11-19)15-38-26-13-20-12-23-28(24(20)14-34-26)29(23)30(35)36/h3-4,9-11,13,23-24,28-29H,5-8,12,14-16H2,1-2H3,(H,35,36). The number of dihydropyridines is 1. The summed E-state index contributed by atoms with van der Waals surface area (Å²) in [5, 5.41) is 9.33. The number of hydrogen-bond donors (Lipinski definition) is 1. The number of carboxylic acid groups (broad SMARTS) is 1. The highest BCUT2D eigenvalue weighted by Crippen LogP contribution is 2.63. The summed E-state index contributed by atoms with van der Waals surface area (Å²) >= 11 is 0. The van der Waals surface area contributed by atoms with Crippen molar-refractivity contribution in [2.75, 3.05) is 26.4 Å². The zero-order valence-electron chi connectivity index (χ0n) is 22.2. The van der Waals surface area contributed by atoms with Crippen LogP contribution in [0.3, 0.4) is 0 Å². The molecule has 0 bridgehead atoms. The average Bonchev–Trinajstić information content (AvgIpc) is 3.50. The van der Waals surface area contributed by atoms with E-state index in [2.05, 4.69) is 4.99 Å². The third-order valence-corrected chi connectivity index (χ3v) is 8.78. The molecule has 8 heteroatoms. The van der Waals surface area contributed by atoms with Gasteiger partial charge in [0.25, 0.3) is 0 Å². The average molecular weight is 538 g/mol. The van der Waals surface area contributed by atoms with Gasteiger partial charge in [0.15, 0.2) is 0 Å². The molecule has 1 saturated heterocycles. The molecule has 4 aliphatic rings. The number of hydrogen-bond acceptors (Lipinski definition) is 5. The second kappa shape index (κ2) is 10.0. The summed E-state index contributed by atoms with van der Waals surface area (Å²) in [5.41, 5.74) is 4.00. The molecule has 0 amide bonds. The van der Waals surface area contributed by atoms with E-state index in [0.29, 0.717) is 49.8 Å². The molecule has 206 valence electrons. The van der Waals surface area contributed by atoms with Crippen LogP contribution in [0, 0.1) is 43.3 Å². The largest absolute Gasteiger partial charge is 0.490 e. The predicted octanol–water partition coefficient (Wildman–Crippen LogP) is 5.83. The third kappa shape index (κ3) is 5.07. The van der Waals surface area contributed by atoms with E-state index in [0.717, 1.165) is 28.7 Å². The lowest BCUT2D eigenvalue weighted by Gasteiger charge is -2.29. The molecule has 0 aromatic heterocycles. The number of aliphatic imine (C=N–C) groups is 1. The molecular weight excluding hydrogens is 504 g/mol.